The summed E-state index contributed by atoms with van der Waals surface area (Å²) >= 11 is 12.5. The molecule has 194 valence electrons. The topological polar surface area (TPSA) is 49.4 Å². The minimum absolute atomic E-state index is 0.00376. The lowest BCUT2D eigenvalue weighted by atomic mass is 9.78. The minimum Gasteiger partial charge on any atom is -0.357 e. The van der Waals surface area contributed by atoms with Crippen molar-refractivity contribution in [1.82, 2.24) is 0 Å². The van der Waals surface area contributed by atoms with Crippen LogP contribution in [0.2, 0.25) is 10.0 Å². The monoisotopic (exact) mass is 552 g/mol. The number of nitrogens with zero attached hydrogens (tertiary/aromatic N) is 1. The molecule has 1 aliphatic carbocycles. The van der Waals surface area contributed by atoms with Crippen molar-refractivity contribution in [2.45, 2.75) is 31.7 Å². The Kier molecular flexibility index (Phi) is 6.76. The van der Waals surface area contributed by atoms with Gasteiger partial charge in [0.05, 0.1) is 27.5 Å². The van der Waals surface area contributed by atoms with Crippen molar-refractivity contribution in [2.24, 2.45) is 0 Å². The van der Waals surface area contributed by atoms with Crippen LogP contribution < -0.4 is 10.2 Å². The predicted molar refractivity (Wildman–Crippen MR) is 158 cm³/mol. The van der Waals surface area contributed by atoms with Crippen LogP contribution in [-0.4, -0.2) is 11.7 Å². The van der Waals surface area contributed by atoms with Gasteiger partial charge in [-0.2, -0.15) is 0 Å². The van der Waals surface area contributed by atoms with Crippen LogP contribution in [-0.2, 0) is 4.79 Å². The van der Waals surface area contributed by atoms with Gasteiger partial charge in [-0.05, 0) is 66.8 Å². The van der Waals surface area contributed by atoms with E-state index in [0.29, 0.717) is 34.0 Å². The van der Waals surface area contributed by atoms with Crippen molar-refractivity contribution < 1.29 is 9.59 Å². The number of hydrogen-bond acceptors (Lipinski definition) is 3. The lowest BCUT2D eigenvalue weighted by molar-refractivity contribution is -0.116. The highest BCUT2D eigenvalue weighted by Gasteiger charge is 2.41. The van der Waals surface area contributed by atoms with Crippen molar-refractivity contribution in [2.75, 3.05) is 10.2 Å². The molecule has 6 rings (SSSR count). The zero-order valence-electron chi connectivity index (χ0n) is 21.3. The molecular weight excluding hydrogens is 527 g/mol. The molecule has 2 unspecified atom stereocenters. The number of carbonyl (C=O) groups excluding carboxylic acids is 2. The molecule has 6 heteroatoms. The van der Waals surface area contributed by atoms with E-state index in [9.17, 15) is 9.59 Å². The third-order valence-electron chi connectivity index (χ3n) is 7.54. The molecule has 4 aromatic carbocycles. The molecule has 4 nitrogen and oxygen atoms in total. The number of rotatable bonds is 3. The molecule has 0 spiro atoms. The maximum Gasteiger partial charge on any atom is 0.259 e. The van der Waals surface area contributed by atoms with E-state index in [1.165, 1.54) is 0 Å². The Balaban J connectivity index is 1.55. The number of Topliss-reactive ketones (excluding diaryl/α,β-unsaturated/α-hetero) is 1. The number of fused-ring (bicyclic) bond motifs is 1. The average Bonchev–Trinajstić information content (AvgIpc) is 3.10. The van der Waals surface area contributed by atoms with Crippen LogP contribution in [0, 0.1) is 6.92 Å². The SMILES string of the molecule is Cc1ccc(C2C3=C(CC(c4ccc(Cl)c(Cl)c4)CC3=O)Nc3ccccc3N2C(=O)c2ccccc2)cc1. The Labute approximate surface area is 237 Å². The molecule has 1 heterocycles. The van der Waals surface area contributed by atoms with Gasteiger partial charge in [0.1, 0.15) is 0 Å². The van der Waals surface area contributed by atoms with Crippen molar-refractivity contribution in [1.29, 1.82) is 0 Å². The number of carbonyl (C=O) groups is 2. The molecule has 0 saturated heterocycles. The van der Waals surface area contributed by atoms with E-state index in [0.717, 1.165) is 33.8 Å². The zero-order chi connectivity index (χ0) is 27.1. The maximum atomic E-state index is 14.2. The van der Waals surface area contributed by atoms with Crippen molar-refractivity contribution in [3.05, 3.63) is 141 Å². The standard InChI is InChI=1S/C33H26Cl2N2O2/c1-20-11-13-21(14-12-20)32-31-28(18-24(19-30(31)38)23-15-16-25(34)26(35)17-23)36-27-9-5-6-10-29(27)37(32)33(39)22-7-3-2-4-8-22/h2-17,24,32,36H,18-19H2,1H3. The lowest BCUT2D eigenvalue weighted by Gasteiger charge is -2.35. The maximum absolute atomic E-state index is 14.2. The number of allylic oxidation sites excluding steroid dienone is 1. The molecular formula is C33H26Cl2N2O2. The van der Waals surface area contributed by atoms with Crippen LogP contribution in [0.4, 0.5) is 11.4 Å². The number of halogens is 2. The minimum atomic E-state index is -0.591. The summed E-state index contributed by atoms with van der Waals surface area (Å²) in [5, 5.41) is 4.53. The Morgan fingerprint density at radius 3 is 2.26 bits per heavy atom. The fourth-order valence-electron chi connectivity index (χ4n) is 5.60. The number of ketones is 1. The molecule has 1 N–H and O–H groups in total. The quantitative estimate of drug-likeness (QED) is 0.277. The van der Waals surface area contributed by atoms with Crippen LogP contribution in [0.25, 0.3) is 0 Å². The number of para-hydroxylation sites is 2. The number of benzene rings is 4. The second-order valence-electron chi connectivity index (χ2n) is 10.1. The number of aryl methyl sites for hydroxylation is 1. The fourth-order valence-corrected chi connectivity index (χ4v) is 5.91. The second-order valence-corrected chi connectivity index (χ2v) is 10.9. The Bertz CT molecular complexity index is 1610. The van der Waals surface area contributed by atoms with E-state index in [2.05, 4.69) is 5.32 Å². The molecule has 2 aliphatic rings. The zero-order valence-corrected chi connectivity index (χ0v) is 22.8. The van der Waals surface area contributed by atoms with Gasteiger partial charge in [-0.25, -0.2) is 0 Å². The number of anilines is 2. The summed E-state index contributed by atoms with van der Waals surface area (Å²) in [6, 6.07) is 30.0. The summed E-state index contributed by atoms with van der Waals surface area (Å²) in [6.45, 7) is 2.03. The summed E-state index contributed by atoms with van der Waals surface area (Å²) in [4.78, 5) is 30.1. The number of amides is 1. The van der Waals surface area contributed by atoms with Gasteiger partial charge in [-0.15, -0.1) is 0 Å². The highest BCUT2D eigenvalue weighted by atomic mass is 35.5. The first-order valence-electron chi connectivity index (χ1n) is 12.9. The number of hydrogen-bond donors (Lipinski definition) is 1. The molecule has 0 fully saturated rings. The van der Waals surface area contributed by atoms with E-state index >= 15 is 0 Å². The van der Waals surface area contributed by atoms with Gasteiger partial charge in [0.2, 0.25) is 0 Å². The van der Waals surface area contributed by atoms with E-state index in [1.54, 1.807) is 11.0 Å². The van der Waals surface area contributed by atoms with Gasteiger partial charge in [-0.1, -0.05) is 89.4 Å². The van der Waals surface area contributed by atoms with Crippen molar-refractivity contribution in [3.63, 3.8) is 0 Å². The second kappa shape index (κ2) is 10.4. The van der Waals surface area contributed by atoms with Gasteiger partial charge < -0.3 is 5.32 Å². The molecule has 39 heavy (non-hydrogen) atoms. The molecule has 0 aromatic heterocycles. The smallest absolute Gasteiger partial charge is 0.259 e. The van der Waals surface area contributed by atoms with E-state index in [4.69, 9.17) is 23.2 Å². The summed E-state index contributed by atoms with van der Waals surface area (Å²) < 4.78 is 0. The van der Waals surface area contributed by atoms with Gasteiger partial charge >= 0.3 is 0 Å². The van der Waals surface area contributed by atoms with Crippen LogP contribution in [0.5, 0.6) is 0 Å². The molecule has 1 aliphatic heterocycles. The Hall–Kier alpha value is -3.86. The third-order valence-corrected chi connectivity index (χ3v) is 8.28. The van der Waals surface area contributed by atoms with Crippen molar-refractivity contribution >= 4 is 46.3 Å². The lowest BCUT2D eigenvalue weighted by Crippen LogP contribution is -2.38. The van der Waals surface area contributed by atoms with Gasteiger partial charge in [-0.3, -0.25) is 14.5 Å². The summed E-state index contributed by atoms with van der Waals surface area (Å²) in [5.74, 6) is -0.228. The normalized spacial score (nSPS) is 18.6. The molecule has 0 saturated carbocycles. The van der Waals surface area contributed by atoms with E-state index < -0.39 is 6.04 Å². The average molecular weight is 553 g/mol. The van der Waals surface area contributed by atoms with Gasteiger partial charge in [0.15, 0.2) is 5.78 Å². The predicted octanol–water partition coefficient (Wildman–Crippen LogP) is 8.52. The fraction of sp³-hybridized carbons (Fsp3) is 0.152. The van der Waals surface area contributed by atoms with Crippen LogP contribution in [0.3, 0.4) is 0 Å². The third kappa shape index (κ3) is 4.75. The Morgan fingerprint density at radius 1 is 0.821 bits per heavy atom. The van der Waals surface area contributed by atoms with Gasteiger partial charge in [0.25, 0.3) is 5.91 Å². The highest BCUT2D eigenvalue weighted by molar-refractivity contribution is 6.42. The van der Waals surface area contributed by atoms with Crippen LogP contribution in [0.1, 0.15) is 51.8 Å². The molecule has 0 bridgehead atoms. The molecule has 1 amide bonds. The summed E-state index contributed by atoms with van der Waals surface area (Å²) in [7, 11) is 0. The van der Waals surface area contributed by atoms with E-state index in [1.807, 2.05) is 97.9 Å². The number of nitrogens with one attached hydrogen (secondary N) is 1. The first-order valence-corrected chi connectivity index (χ1v) is 13.7. The summed E-state index contributed by atoms with van der Waals surface area (Å²) in [5.41, 5.74) is 6.47. The first-order chi connectivity index (χ1) is 18.9. The molecule has 0 radical (unpaired) electrons. The van der Waals surface area contributed by atoms with Crippen molar-refractivity contribution in [3.8, 4) is 0 Å². The van der Waals surface area contributed by atoms with Crippen LogP contribution >= 0.6 is 23.2 Å². The first kappa shape index (κ1) is 25.4. The van der Waals surface area contributed by atoms with Gasteiger partial charge in [0, 0.05) is 23.3 Å². The van der Waals surface area contributed by atoms with E-state index in [-0.39, 0.29) is 17.6 Å². The summed E-state index contributed by atoms with van der Waals surface area (Å²) in [6.07, 6.45) is 0.910. The molecule has 4 aromatic rings. The highest BCUT2D eigenvalue weighted by Crippen LogP contribution is 2.48. The largest absolute Gasteiger partial charge is 0.357 e. The molecule has 2 atom stereocenters. The van der Waals surface area contributed by atoms with Crippen LogP contribution in [0.15, 0.2) is 108 Å². The Morgan fingerprint density at radius 2 is 1.51 bits per heavy atom.